The second kappa shape index (κ2) is 7.26. The summed E-state index contributed by atoms with van der Waals surface area (Å²) in [6.45, 7) is 9.56. The lowest BCUT2D eigenvalue weighted by Gasteiger charge is -2.29. The Balaban J connectivity index is 2.48. The van der Waals surface area contributed by atoms with Gasteiger partial charge in [0.05, 0.1) is 19.2 Å². The third kappa shape index (κ3) is 5.79. The molecule has 2 N–H and O–H groups in total. The monoisotopic (exact) mass is 326 g/mol. The number of hydrogen-bond acceptors (Lipinski definition) is 4. The van der Waals surface area contributed by atoms with Crippen molar-refractivity contribution in [2.75, 3.05) is 19.6 Å². The zero-order valence-corrected chi connectivity index (χ0v) is 14.6. The predicted octanol–water partition coefficient (Wildman–Crippen LogP) is 0.979. The number of rotatable bonds is 5. The third-order valence-electron chi connectivity index (χ3n) is 3.81. The van der Waals surface area contributed by atoms with E-state index in [9.17, 15) is 14.0 Å². The molecule has 1 aliphatic heterocycles. The van der Waals surface area contributed by atoms with Gasteiger partial charge in [0, 0.05) is 23.9 Å². The van der Waals surface area contributed by atoms with E-state index in [4.69, 9.17) is 5.26 Å². The highest BCUT2D eigenvalue weighted by Gasteiger charge is 2.35. The van der Waals surface area contributed by atoms with Crippen LogP contribution >= 0.6 is 0 Å². The fourth-order valence-electron chi connectivity index (χ4n) is 2.23. The zero-order chi connectivity index (χ0) is 17.8. The molecule has 1 heterocycles. The van der Waals surface area contributed by atoms with E-state index in [1.54, 1.807) is 0 Å². The van der Waals surface area contributed by atoms with Crippen LogP contribution in [0.25, 0.3) is 0 Å². The van der Waals surface area contributed by atoms with Gasteiger partial charge < -0.3 is 15.5 Å². The van der Waals surface area contributed by atoms with Gasteiger partial charge in [0.25, 0.3) is 0 Å². The highest BCUT2D eigenvalue weighted by molar-refractivity contribution is 5.81. The molecule has 0 spiro atoms. The number of carbonyl (C=O) groups excluding carboxylic acids is 2. The summed E-state index contributed by atoms with van der Waals surface area (Å²) >= 11 is 0. The van der Waals surface area contributed by atoms with Crippen molar-refractivity contribution in [3.8, 4) is 6.07 Å². The van der Waals surface area contributed by atoms with Crippen LogP contribution in [-0.2, 0) is 9.59 Å². The molecule has 1 aliphatic rings. The normalized spacial score (nSPS) is 21.9. The first-order valence-corrected chi connectivity index (χ1v) is 7.83. The minimum atomic E-state index is -1.14. The van der Waals surface area contributed by atoms with Gasteiger partial charge in [0.2, 0.25) is 11.8 Å². The Morgan fingerprint density at radius 1 is 1.30 bits per heavy atom. The van der Waals surface area contributed by atoms with E-state index in [0.717, 1.165) is 0 Å². The Hall–Kier alpha value is -1.68. The fraction of sp³-hybridized carbons (Fsp3) is 0.812. The van der Waals surface area contributed by atoms with Crippen molar-refractivity contribution in [3.63, 3.8) is 0 Å². The Kier molecular flexibility index (Phi) is 6.11. The molecule has 1 fully saturated rings. The maximum absolute atomic E-state index is 13.4. The molecule has 1 saturated heterocycles. The second-order valence-electron chi connectivity index (χ2n) is 7.69. The van der Waals surface area contributed by atoms with Crippen LogP contribution in [-0.4, -0.2) is 54.1 Å². The van der Waals surface area contributed by atoms with Crippen molar-refractivity contribution in [2.24, 2.45) is 5.41 Å². The van der Waals surface area contributed by atoms with Crippen LogP contribution in [0.1, 0.15) is 41.0 Å². The maximum atomic E-state index is 13.4. The van der Waals surface area contributed by atoms with Gasteiger partial charge in [0.1, 0.15) is 12.2 Å². The maximum Gasteiger partial charge on any atom is 0.237 e. The van der Waals surface area contributed by atoms with Crippen molar-refractivity contribution in [1.29, 1.82) is 5.26 Å². The molecule has 130 valence electrons. The van der Waals surface area contributed by atoms with E-state index >= 15 is 0 Å². The highest BCUT2D eigenvalue weighted by atomic mass is 19.1. The molecule has 0 bridgehead atoms. The Morgan fingerprint density at radius 2 is 1.91 bits per heavy atom. The summed E-state index contributed by atoms with van der Waals surface area (Å²) in [5.41, 5.74) is -0.967. The number of halogens is 1. The SMILES string of the molecule is CC(C)(CNC(=O)C(C)(C)C)NCC(=O)N1C[C@@H](F)C[C@H]1C#N. The molecule has 0 aromatic carbocycles. The first kappa shape index (κ1) is 19.4. The van der Waals surface area contributed by atoms with Crippen LogP contribution in [0, 0.1) is 16.7 Å². The molecule has 0 radical (unpaired) electrons. The van der Waals surface area contributed by atoms with E-state index in [-0.39, 0.29) is 31.3 Å². The Labute approximate surface area is 137 Å². The first-order valence-electron chi connectivity index (χ1n) is 7.83. The lowest BCUT2D eigenvalue weighted by Crippen LogP contribution is -2.54. The molecule has 23 heavy (non-hydrogen) atoms. The smallest absolute Gasteiger partial charge is 0.237 e. The van der Waals surface area contributed by atoms with Gasteiger partial charge in [0.15, 0.2) is 0 Å². The molecular formula is C16H27FN4O2. The molecule has 7 heteroatoms. The third-order valence-corrected chi connectivity index (χ3v) is 3.81. The standard InChI is InChI=1S/C16H27FN4O2/c1-15(2,3)14(23)19-10-16(4,5)20-8-13(22)21-9-11(17)6-12(21)7-18/h11-12,20H,6,8-10H2,1-5H3,(H,19,23)/t11-,12-/m0/s1. The quantitative estimate of drug-likeness (QED) is 0.789. The molecular weight excluding hydrogens is 299 g/mol. The topological polar surface area (TPSA) is 85.2 Å². The largest absolute Gasteiger partial charge is 0.354 e. The number of nitrogens with one attached hydrogen (secondary N) is 2. The number of likely N-dealkylation sites (tertiary alicyclic amines) is 1. The van der Waals surface area contributed by atoms with Crippen molar-refractivity contribution in [3.05, 3.63) is 0 Å². The summed E-state index contributed by atoms with van der Waals surface area (Å²) in [4.78, 5) is 25.3. The Bertz CT molecular complexity index is 493. The van der Waals surface area contributed by atoms with Crippen LogP contribution in [0.3, 0.4) is 0 Å². The summed E-state index contributed by atoms with van der Waals surface area (Å²) in [6.07, 6.45) is -1.06. The lowest BCUT2D eigenvalue weighted by molar-refractivity contribution is -0.130. The van der Waals surface area contributed by atoms with Crippen LogP contribution in [0.2, 0.25) is 0 Å². The van der Waals surface area contributed by atoms with Crippen LogP contribution < -0.4 is 10.6 Å². The van der Waals surface area contributed by atoms with Crippen molar-refractivity contribution in [2.45, 2.75) is 58.8 Å². The minimum absolute atomic E-state index is 0.00326. The van der Waals surface area contributed by atoms with E-state index in [2.05, 4.69) is 10.6 Å². The van der Waals surface area contributed by atoms with Gasteiger partial charge in [-0.1, -0.05) is 20.8 Å². The molecule has 2 amide bonds. The van der Waals surface area contributed by atoms with Crippen molar-refractivity contribution >= 4 is 11.8 Å². The molecule has 2 atom stereocenters. The van der Waals surface area contributed by atoms with Crippen LogP contribution in [0.4, 0.5) is 4.39 Å². The van der Waals surface area contributed by atoms with Gasteiger partial charge in [-0.15, -0.1) is 0 Å². The van der Waals surface area contributed by atoms with Gasteiger partial charge in [-0.3, -0.25) is 9.59 Å². The highest BCUT2D eigenvalue weighted by Crippen LogP contribution is 2.20. The number of amides is 2. The van der Waals surface area contributed by atoms with E-state index in [1.807, 2.05) is 40.7 Å². The fourth-order valence-corrected chi connectivity index (χ4v) is 2.23. The van der Waals surface area contributed by atoms with E-state index in [0.29, 0.717) is 6.54 Å². The molecule has 1 rings (SSSR count). The molecule has 6 nitrogen and oxygen atoms in total. The van der Waals surface area contributed by atoms with Gasteiger partial charge in [-0.25, -0.2) is 4.39 Å². The predicted molar refractivity (Wildman–Crippen MR) is 85.2 cm³/mol. The van der Waals surface area contributed by atoms with Crippen LogP contribution in [0.15, 0.2) is 0 Å². The average Bonchev–Trinajstić information content (AvgIpc) is 2.82. The molecule has 0 saturated carbocycles. The van der Waals surface area contributed by atoms with E-state index in [1.165, 1.54) is 4.90 Å². The number of nitrogens with zero attached hydrogens (tertiary/aromatic N) is 2. The first-order chi connectivity index (χ1) is 10.5. The molecule has 0 unspecified atom stereocenters. The van der Waals surface area contributed by atoms with Crippen LogP contribution in [0.5, 0.6) is 0 Å². The molecule has 0 aliphatic carbocycles. The van der Waals surface area contributed by atoms with Gasteiger partial charge in [-0.05, 0) is 13.8 Å². The molecule has 0 aromatic heterocycles. The van der Waals surface area contributed by atoms with Gasteiger partial charge in [-0.2, -0.15) is 5.26 Å². The summed E-state index contributed by atoms with van der Waals surface area (Å²) in [5, 5.41) is 14.9. The average molecular weight is 326 g/mol. The number of hydrogen-bond donors (Lipinski definition) is 2. The second-order valence-corrected chi connectivity index (χ2v) is 7.69. The lowest BCUT2D eigenvalue weighted by atomic mass is 9.95. The summed E-state index contributed by atoms with van der Waals surface area (Å²) in [7, 11) is 0. The zero-order valence-electron chi connectivity index (χ0n) is 14.6. The summed E-state index contributed by atoms with van der Waals surface area (Å²) in [5.74, 6) is -0.366. The number of carbonyl (C=O) groups is 2. The summed E-state index contributed by atoms with van der Waals surface area (Å²) < 4.78 is 13.4. The number of alkyl halides is 1. The van der Waals surface area contributed by atoms with Crippen molar-refractivity contribution < 1.29 is 14.0 Å². The van der Waals surface area contributed by atoms with E-state index < -0.39 is 23.2 Å². The Morgan fingerprint density at radius 3 is 2.43 bits per heavy atom. The summed E-state index contributed by atoms with van der Waals surface area (Å²) in [6, 6.07) is 1.27. The number of nitriles is 1. The molecule has 0 aromatic rings. The van der Waals surface area contributed by atoms with Gasteiger partial charge >= 0.3 is 0 Å². The van der Waals surface area contributed by atoms with Crippen molar-refractivity contribution in [1.82, 2.24) is 15.5 Å². The minimum Gasteiger partial charge on any atom is -0.354 e.